The number of halogens is 4. The summed E-state index contributed by atoms with van der Waals surface area (Å²) in [7, 11) is 0. The predicted octanol–water partition coefficient (Wildman–Crippen LogP) is 1.65. The summed E-state index contributed by atoms with van der Waals surface area (Å²) < 4.78 is 38.8. The SMILES string of the molecule is OCCN(CCO)c1ncc(Br)cc1C(F)(F)F. The van der Waals surface area contributed by atoms with Gasteiger partial charge in [-0.05, 0) is 22.0 Å². The van der Waals surface area contributed by atoms with Crippen LogP contribution in [0, 0.1) is 0 Å². The molecule has 0 amide bonds. The highest BCUT2D eigenvalue weighted by Crippen LogP contribution is 2.36. The van der Waals surface area contributed by atoms with Crippen LogP contribution in [0.2, 0.25) is 0 Å². The predicted molar refractivity (Wildman–Crippen MR) is 63.3 cm³/mol. The zero-order valence-electron chi connectivity index (χ0n) is 9.28. The van der Waals surface area contributed by atoms with E-state index >= 15 is 0 Å². The lowest BCUT2D eigenvalue weighted by Gasteiger charge is -2.25. The van der Waals surface area contributed by atoms with Gasteiger partial charge in [-0.2, -0.15) is 13.2 Å². The number of rotatable bonds is 5. The Balaban J connectivity index is 3.20. The van der Waals surface area contributed by atoms with Crippen molar-refractivity contribution in [3.05, 3.63) is 22.3 Å². The summed E-state index contributed by atoms with van der Waals surface area (Å²) >= 11 is 2.94. The molecule has 0 saturated heterocycles. The first-order valence-electron chi connectivity index (χ1n) is 5.09. The maximum atomic E-state index is 12.9. The molecule has 0 unspecified atom stereocenters. The Kier molecular flexibility index (Phi) is 5.36. The average Bonchev–Trinajstić information content (AvgIpc) is 2.27. The number of alkyl halides is 3. The minimum Gasteiger partial charge on any atom is -0.395 e. The molecule has 1 heterocycles. The van der Waals surface area contributed by atoms with Crippen molar-refractivity contribution in [1.29, 1.82) is 0 Å². The van der Waals surface area contributed by atoms with Gasteiger partial charge in [-0.25, -0.2) is 4.98 Å². The van der Waals surface area contributed by atoms with Crippen LogP contribution in [0.5, 0.6) is 0 Å². The number of anilines is 1. The van der Waals surface area contributed by atoms with E-state index < -0.39 is 11.7 Å². The summed E-state index contributed by atoms with van der Waals surface area (Å²) in [5.74, 6) is -0.297. The molecule has 0 spiro atoms. The molecule has 0 radical (unpaired) electrons. The molecule has 0 fully saturated rings. The molecule has 0 atom stereocenters. The standard InChI is InChI=1S/C10H12BrF3N2O2/c11-7-5-8(10(12,13)14)9(15-6-7)16(1-3-17)2-4-18/h5-6,17-18H,1-4H2. The summed E-state index contributed by atoms with van der Waals surface area (Å²) in [6.45, 7) is -0.708. The molecule has 1 rings (SSSR count). The van der Waals surface area contributed by atoms with Crippen LogP contribution in [0.15, 0.2) is 16.7 Å². The quantitative estimate of drug-likeness (QED) is 0.863. The van der Waals surface area contributed by atoms with Gasteiger partial charge in [-0.15, -0.1) is 0 Å². The van der Waals surface area contributed by atoms with E-state index in [1.54, 1.807) is 0 Å². The van der Waals surface area contributed by atoms with E-state index in [1.807, 2.05) is 0 Å². The fourth-order valence-corrected chi connectivity index (χ4v) is 1.79. The highest BCUT2D eigenvalue weighted by molar-refractivity contribution is 9.10. The smallest absolute Gasteiger partial charge is 0.395 e. The third-order valence-electron chi connectivity index (χ3n) is 2.18. The normalized spacial score (nSPS) is 11.7. The second-order valence-electron chi connectivity index (χ2n) is 3.46. The van der Waals surface area contributed by atoms with Gasteiger partial charge in [0.2, 0.25) is 0 Å². The zero-order chi connectivity index (χ0) is 13.8. The van der Waals surface area contributed by atoms with Gasteiger partial charge in [-0.1, -0.05) is 0 Å². The molecule has 0 aliphatic rings. The molecule has 0 aliphatic carbocycles. The Labute approximate surface area is 110 Å². The molecule has 8 heteroatoms. The number of hydrogen-bond donors (Lipinski definition) is 2. The van der Waals surface area contributed by atoms with Gasteiger partial charge >= 0.3 is 6.18 Å². The van der Waals surface area contributed by atoms with Crippen molar-refractivity contribution in [3.63, 3.8) is 0 Å². The fraction of sp³-hybridized carbons (Fsp3) is 0.500. The van der Waals surface area contributed by atoms with Crippen LogP contribution < -0.4 is 4.90 Å². The second kappa shape index (κ2) is 6.35. The van der Waals surface area contributed by atoms with Gasteiger partial charge in [0.15, 0.2) is 0 Å². The van der Waals surface area contributed by atoms with Crippen LogP contribution in [0.3, 0.4) is 0 Å². The summed E-state index contributed by atoms with van der Waals surface area (Å²) in [5, 5.41) is 17.7. The van der Waals surface area contributed by atoms with Crippen molar-refractivity contribution >= 4 is 21.7 Å². The van der Waals surface area contributed by atoms with Crippen LogP contribution >= 0.6 is 15.9 Å². The minimum absolute atomic E-state index is 0.0295. The maximum absolute atomic E-state index is 12.9. The molecule has 2 N–H and O–H groups in total. The average molecular weight is 329 g/mol. The van der Waals surface area contributed by atoms with Crippen molar-refractivity contribution < 1.29 is 23.4 Å². The van der Waals surface area contributed by atoms with Crippen molar-refractivity contribution in [2.24, 2.45) is 0 Å². The van der Waals surface area contributed by atoms with Crippen LogP contribution in [-0.4, -0.2) is 41.5 Å². The van der Waals surface area contributed by atoms with Crippen LogP contribution in [0.1, 0.15) is 5.56 Å². The first kappa shape index (κ1) is 15.2. The van der Waals surface area contributed by atoms with E-state index in [9.17, 15) is 13.2 Å². The van der Waals surface area contributed by atoms with E-state index in [4.69, 9.17) is 10.2 Å². The number of aliphatic hydroxyl groups is 2. The first-order valence-corrected chi connectivity index (χ1v) is 5.89. The molecular weight excluding hydrogens is 317 g/mol. The van der Waals surface area contributed by atoms with Crippen molar-refractivity contribution in [2.45, 2.75) is 6.18 Å². The number of pyridine rings is 1. The van der Waals surface area contributed by atoms with Crippen molar-refractivity contribution in [3.8, 4) is 0 Å². The Morgan fingerprint density at radius 2 is 1.78 bits per heavy atom. The van der Waals surface area contributed by atoms with E-state index in [2.05, 4.69) is 20.9 Å². The molecule has 102 valence electrons. The molecule has 1 aromatic heterocycles. The number of aromatic nitrogens is 1. The minimum atomic E-state index is -4.55. The topological polar surface area (TPSA) is 56.6 Å². The molecule has 18 heavy (non-hydrogen) atoms. The van der Waals surface area contributed by atoms with Gasteiger partial charge in [0.25, 0.3) is 0 Å². The number of nitrogens with zero attached hydrogens (tertiary/aromatic N) is 2. The lowest BCUT2D eigenvalue weighted by Crippen LogP contribution is -2.32. The summed E-state index contributed by atoms with van der Waals surface area (Å²) in [6, 6.07) is 0.921. The van der Waals surface area contributed by atoms with Gasteiger partial charge in [0.05, 0.1) is 18.8 Å². The van der Waals surface area contributed by atoms with Gasteiger partial charge in [-0.3, -0.25) is 0 Å². The summed E-state index contributed by atoms with van der Waals surface area (Å²) in [6.07, 6.45) is -3.30. The molecule has 4 nitrogen and oxygen atoms in total. The third-order valence-corrected chi connectivity index (χ3v) is 2.61. The van der Waals surface area contributed by atoms with Gasteiger partial charge in [0.1, 0.15) is 5.82 Å². The Hall–Kier alpha value is -0.860. The molecule has 0 aromatic carbocycles. The van der Waals surface area contributed by atoms with Crippen LogP contribution in [0.25, 0.3) is 0 Å². The monoisotopic (exact) mass is 328 g/mol. The molecule has 0 aliphatic heterocycles. The van der Waals surface area contributed by atoms with Gasteiger partial charge < -0.3 is 15.1 Å². The van der Waals surface area contributed by atoms with Crippen LogP contribution in [-0.2, 0) is 6.18 Å². The molecular formula is C10H12BrF3N2O2. The van der Waals surface area contributed by atoms with E-state index in [1.165, 1.54) is 11.1 Å². The Bertz CT molecular complexity index is 395. The van der Waals surface area contributed by atoms with E-state index in [0.29, 0.717) is 0 Å². The lowest BCUT2D eigenvalue weighted by molar-refractivity contribution is -0.137. The lowest BCUT2D eigenvalue weighted by atomic mass is 10.2. The fourth-order valence-electron chi connectivity index (χ4n) is 1.46. The third kappa shape index (κ3) is 3.82. The largest absolute Gasteiger partial charge is 0.419 e. The summed E-state index contributed by atoms with van der Waals surface area (Å²) in [5.41, 5.74) is -0.904. The maximum Gasteiger partial charge on any atom is 0.419 e. The first-order chi connectivity index (χ1) is 8.40. The van der Waals surface area contributed by atoms with Gasteiger partial charge in [0, 0.05) is 23.8 Å². The van der Waals surface area contributed by atoms with E-state index in [-0.39, 0.29) is 36.6 Å². The number of aliphatic hydroxyl groups excluding tert-OH is 2. The van der Waals surface area contributed by atoms with Crippen molar-refractivity contribution in [1.82, 2.24) is 4.98 Å². The molecule has 0 bridgehead atoms. The Morgan fingerprint density at radius 3 is 2.22 bits per heavy atom. The zero-order valence-corrected chi connectivity index (χ0v) is 10.9. The summed E-state index contributed by atoms with van der Waals surface area (Å²) in [4.78, 5) is 4.91. The second-order valence-corrected chi connectivity index (χ2v) is 4.37. The highest BCUT2D eigenvalue weighted by atomic mass is 79.9. The molecule has 0 saturated carbocycles. The van der Waals surface area contributed by atoms with Crippen molar-refractivity contribution in [2.75, 3.05) is 31.2 Å². The highest BCUT2D eigenvalue weighted by Gasteiger charge is 2.36. The number of hydrogen-bond acceptors (Lipinski definition) is 4. The van der Waals surface area contributed by atoms with Crippen LogP contribution in [0.4, 0.5) is 19.0 Å². The van der Waals surface area contributed by atoms with E-state index in [0.717, 1.165) is 6.07 Å². The Morgan fingerprint density at radius 1 is 1.22 bits per heavy atom. The molecule has 1 aromatic rings.